The highest BCUT2D eigenvalue weighted by molar-refractivity contribution is 6.19. The third-order valence-electron chi connectivity index (χ3n) is 3.38. The van der Waals surface area contributed by atoms with Crippen molar-refractivity contribution in [2.75, 3.05) is 0 Å². The summed E-state index contributed by atoms with van der Waals surface area (Å²) < 4.78 is 0. The molecule has 0 aromatic heterocycles. The quantitative estimate of drug-likeness (QED) is 0.562. The average molecular weight is 234 g/mol. The molecule has 0 bridgehead atoms. The van der Waals surface area contributed by atoms with Gasteiger partial charge in [0.1, 0.15) is 5.41 Å². The Morgan fingerprint density at radius 2 is 2.00 bits per heavy atom. The Kier molecular flexibility index (Phi) is 2.83. The van der Waals surface area contributed by atoms with Gasteiger partial charge in [0, 0.05) is 5.92 Å². The number of urea groups is 1. The van der Waals surface area contributed by atoms with Crippen molar-refractivity contribution in [2.24, 2.45) is 11.3 Å². The van der Waals surface area contributed by atoms with E-state index in [9.17, 15) is 14.4 Å². The van der Waals surface area contributed by atoms with Crippen molar-refractivity contribution in [1.29, 1.82) is 0 Å². The predicted octanol–water partition coefficient (Wildman–Crippen LogP) is 0.881. The molecule has 1 aliphatic carbocycles. The van der Waals surface area contributed by atoms with Crippen LogP contribution in [0.4, 0.5) is 4.79 Å². The van der Waals surface area contributed by atoms with E-state index in [0.717, 1.165) is 12.8 Å². The van der Waals surface area contributed by atoms with Crippen LogP contribution in [0, 0.1) is 11.3 Å². The molecule has 0 aromatic carbocycles. The largest absolute Gasteiger partial charge is 0.328 e. The molecule has 5 heteroatoms. The van der Waals surface area contributed by atoms with Crippen LogP contribution < -0.4 is 10.6 Å². The number of rotatable bonds is 3. The molecule has 1 fully saturated rings. The molecule has 0 saturated carbocycles. The molecule has 0 aromatic rings. The lowest BCUT2D eigenvalue weighted by molar-refractivity contribution is -0.147. The van der Waals surface area contributed by atoms with Crippen molar-refractivity contribution in [2.45, 2.75) is 19.3 Å². The van der Waals surface area contributed by atoms with E-state index in [1.165, 1.54) is 0 Å². The zero-order valence-corrected chi connectivity index (χ0v) is 9.36. The third-order valence-corrected chi connectivity index (χ3v) is 3.38. The lowest BCUT2D eigenvalue weighted by Crippen LogP contribution is -2.64. The molecule has 0 radical (unpaired) electrons. The first-order valence-electron chi connectivity index (χ1n) is 5.55. The van der Waals surface area contributed by atoms with Crippen LogP contribution in [-0.4, -0.2) is 17.8 Å². The van der Waals surface area contributed by atoms with Crippen molar-refractivity contribution >= 4 is 17.8 Å². The Balaban J connectivity index is 2.40. The Hall–Kier alpha value is -1.91. The van der Waals surface area contributed by atoms with Gasteiger partial charge in [0.15, 0.2) is 0 Å². The SMILES string of the molecule is C=CCC1([C@H]2C=CCC2)C(=O)NC(=O)NC1=O. The minimum absolute atomic E-state index is 0.173. The second kappa shape index (κ2) is 4.16. The Labute approximate surface area is 98.9 Å². The van der Waals surface area contributed by atoms with Crippen molar-refractivity contribution in [1.82, 2.24) is 10.6 Å². The van der Waals surface area contributed by atoms with Gasteiger partial charge >= 0.3 is 6.03 Å². The van der Waals surface area contributed by atoms with Gasteiger partial charge < -0.3 is 0 Å². The minimum atomic E-state index is -1.22. The highest BCUT2D eigenvalue weighted by Crippen LogP contribution is 2.40. The number of amides is 4. The summed E-state index contributed by atoms with van der Waals surface area (Å²) in [4.78, 5) is 35.2. The van der Waals surface area contributed by atoms with Gasteiger partial charge in [0.25, 0.3) is 0 Å². The van der Waals surface area contributed by atoms with Gasteiger partial charge in [-0.25, -0.2) is 4.79 Å². The third kappa shape index (κ3) is 1.67. The van der Waals surface area contributed by atoms with Gasteiger partial charge in [0.05, 0.1) is 0 Å². The molecular formula is C12H14N2O3. The minimum Gasteiger partial charge on any atom is -0.277 e. The predicted molar refractivity (Wildman–Crippen MR) is 60.8 cm³/mol. The number of hydrogen-bond donors (Lipinski definition) is 2. The van der Waals surface area contributed by atoms with Crippen molar-refractivity contribution in [3.8, 4) is 0 Å². The van der Waals surface area contributed by atoms with Crippen molar-refractivity contribution in [3.05, 3.63) is 24.8 Å². The monoisotopic (exact) mass is 234 g/mol. The van der Waals surface area contributed by atoms with Gasteiger partial charge in [-0.1, -0.05) is 18.2 Å². The van der Waals surface area contributed by atoms with Gasteiger partial charge in [-0.3, -0.25) is 20.2 Å². The molecule has 90 valence electrons. The lowest BCUT2D eigenvalue weighted by atomic mass is 9.70. The molecular weight excluding hydrogens is 220 g/mol. The molecule has 2 rings (SSSR count). The second-order valence-corrected chi connectivity index (χ2v) is 4.31. The Morgan fingerprint density at radius 3 is 2.47 bits per heavy atom. The first-order chi connectivity index (χ1) is 8.11. The highest BCUT2D eigenvalue weighted by atomic mass is 16.2. The van der Waals surface area contributed by atoms with E-state index in [0.29, 0.717) is 0 Å². The zero-order chi connectivity index (χ0) is 12.5. The van der Waals surface area contributed by atoms with Gasteiger partial charge in [-0.05, 0) is 19.3 Å². The molecule has 5 nitrogen and oxygen atoms in total. The number of carbonyl (C=O) groups is 3. The molecule has 1 aliphatic heterocycles. The van der Waals surface area contributed by atoms with Crippen LogP contribution in [0.5, 0.6) is 0 Å². The lowest BCUT2D eigenvalue weighted by Gasteiger charge is -2.37. The van der Waals surface area contributed by atoms with Gasteiger partial charge in [-0.15, -0.1) is 6.58 Å². The van der Waals surface area contributed by atoms with Crippen LogP contribution in [0.1, 0.15) is 19.3 Å². The van der Waals surface area contributed by atoms with Crippen LogP contribution in [0.3, 0.4) is 0 Å². The van der Waals surface area contributed by atoms with Gasteiger partial charge in [-0.2, -0.15) is 0 Å². The molecule has 4 amide bonds. The fourth-order valence-electron chi connectivity index (χ4n) is 2.51. The fourth-order valence-corrected chi connectivity index (χ4v) is 2.51. The van der Waals surface area contributed by atoms with Crippen LogP contribution in [-0.2, 0) is 9.59 Å². The summed E-state index contributed by atoms with van der Waals surface area (Å²) in [7, 11) is 0. The molecule has 2 N–H and O–H groups in total. The Bertz CT molecular complexity index is 405. The van der Waals surface area contributed by atoms with Crippen molar-refractivity contribution < 1.29 is 14.4 Å². The summed E-state index contributed by atoms with van der Waals surface area (Å²) in [6.07, 6.45) is 7.18. The maximum absolute atomic E-state index is 12.0. The standard InChI is InChI=1S/C12H14N2O3/c1-2-7-12(8-5-3-4-6-8)9(15)13-11(17)14-10(12)16/h2-3,5,8H,1,4,6-7H2,(H2,13,14,15,16,17)/t8-/m0/s1. The Morgan fingerprint density at radius 1 is 1.35 bits per heavy atom. The first-order valence-corrected chi connectivity index (χ1v) is 5.55. The van der Waals surface area contributed by atoms with Crippen LogP contribution in [0.2, 0.25) is 0 Å². The number of barbiturate groups is 1. The molecule has 1 atom stereocenters. The van der Waals surface area contributed by atoms with Crippen LogP contribution >= 0.6 is 0 Å². The molecule has 17 heavy (non-hydrogen) atoms. The summed E-state index contributed by atoms with van der Waals surface area (Å²) in [5, 5.41) is 4.34. The van der Waals surface area contributed by atoms with E-state index in [4.69, 9.17) is 0 Å². The number of allylic oxidation sites excluding steroid dienone is 3. The molecule has 0 spiro atoms. The highest BCUT2D eigenvalue weighted by Gasteiger charge is 2.54. The number of nitrogens with one attached hydrogen (secondary N) is 2. The van der Waals surface area contributed by atoms with E-state index in [1.807, 2.05) is 12.2 Å². The number of hydrogen-bond acceptors (Lipinski definition) is 3. The molecule has 1 saturated heterocycles. The van der Waals surface area contributed by atoms with E-state index in [1.54, 1.807) is 6.08 Å². The van der Waals surface area contributed by atoms with Gasteiger partial charge in [0.2, 0.25) is 11.8 Å². The maximum Gasteiger partial charge on any atom is 0.328 e. The molecule has 1 heterocycles. The van der Waals surface area contributed by atoms with Crippen LogP contribution in [0.15, 0.2) is 24.8 Å². The number of imide groups is 2. The second-order valence-electron chi connectivity index (χ2n) is 4.31. The van der Waals surface area contributed by atoms with E-state index < -0.39 is 23.3 Å². The summed E-state index contributed by atoms with van der Waals surface area (Å²) in [5.41, 5.74) is -1.22. The molecule has 2 aliphatic rings. The number of carbonyl (C=O) groups excluding carboxylic acids is 3. The zero-order valence-electron chi connectivity index (χ0n) is 9.36. The summed E-state index contributed by atoms with van der Waals surface area (Å²) >= 11 is 0. The molecule has 0 unspecified atom stereocenters. The summed E-state index contributed by atoms with van der Waals surface area (Å²) in [6.45, 7) is 3.59. The van der Waals surface area contributed by atoms with E-state index in [-0.39, 0.29) is 12.3 Å². The topological polar surface area (TPSA) is 75.3 Å². The summed E-state index contributed by atoms with van der Waals surface area (Å²) in [6, 6.07) is -0.748. The van der Waals surface area contributed by atoms with E-state index >= 15 is 0 Å². The smallest absolute Gasteiger partial charge is 0.277 e. The normalized spacial score (nSPS) is 26.6. The van der Waals surface area contributed by atoms with Crippen molar-refractivity contribution in [3.63, 3.8) is 0 Å². The summed E-state index contributed by atoms with van der Waals surface area (Å²) in [5.74, 6) is -1.22. The maximum atomic E-state index is 12.0. The van der Waals surface area contributed by atoms with Crippen LogP contribution in [0.25, 0.3) is 0 Å². The fraction of sp³-hybridized carbons (Fsp3) is 0.417. The first kappa shape index (κ1) is 11.6. The van der Waals surface area contributed by atoms with E-state index in [2.05, 4.69) is 17.2 Å². The average Bonchev–Trinajstić information content (AvgIpc) is 2.77.